The minimum absolute atomic E-state index is 0.0670. The number of benzene rings is 1. The van der Waals surface area contributed by atoms with Gasteiger partial charge in [0, 0.05) is 44.9 Å². The number of amides is 2. The van der Waals surface area contributed by atoms with Crippen molar-refractivity contribution in [2.45, 2.75) is 11.8 Å². The van der Waals surface area contributed by atoms with Crippen LogP contribution in [-0.4, -0.2) is 60.6 Å². The molecule has 148 valence electrons. The fourth-order valence-electron chi connectivity index (χ4n) is 2.81. The van der Waals surface area contributed by atoms with E-state index in [0.717, 1.165) is 0 Å². The van der Waals surface area contributed by atoms with Crippen molar-refractivity contribution in [3.8, 4) is 0 Å². The highest BCUT2D eigenvalue weighted by atomic mass is 35.5. The number of carbonyl (C=O) groups excluding carboxylic acids is 2. The average Bonchev–Trinajstić information content (AvgIpc) is 2.70. The zero-order valence-electron chi connectivity index (χ0n) is 15.1. The lowest BCUT2D eigenvalue weighted by Crippen LogP contribution is -2.49. The van der Waals surface area contributed by atoms with Crippen LogP contribution in [0, 0.1) is 0 Å². The third-order valence-corrected chi connectivity index (χ3v) is 6.54. The van der Waals surface area contributed by atoms with Crippen LogP contribution >= 0.6 is 11.6 Å². The van der Waals surface area contributed by atoms with E-state index >= 15 is 0 Å². The zero-order chi connectivity index (χ0) is 20.3. The number of carbonyl (C=O) groups is 2. The van der Waals surface area contributed by atoms with E-state index in [1.54, 1.807) is 17.0 Å². The van der Waals surface area contributed by atoms with E-state index < -0.39 is 15.9 Å². The Morgan fingerprint density at radius 3 is 2.21 bits per heavy atom. The van der Waals surface area contributed by atoms with E-state index in [2.05, 4.69) is 10.3 Å². The summed E-state index contributed by atoms with van der Waals surface area (Å²) in [7, 11) is -3.68. The first-order valence-electron chi connectivity index (χ1n) is 8.56. The summed E-state index contributed by atoms with van der Waals surface area (Å²) >= 11 is 5.76. The molecule has 3 rings (SSSR count). The molecule has 10 heteroatoms. The summed E-state index contributed by atoms with van der Waals surface area (Å²) in [6, 6.07) is 8.87. The smallest absolute Gasteiger partial charge is 0.256 e. The molecule has 2 heterocycles. The van der Waals surface area contributed by atoms with Gasteiger partial charge in [0.25, 0.3) is 5.91 Å². The SMILES string of the molecule is CC(=O)N1CCN(S(=O)(=O)c2ccc(C(=O)Nc3ccc(Cl)cn3)cc2)CC1. The molecule has 1 aromatic heterocycles. The number of aromatic nitrogens is 1. The molecule has 1 N–H and O–H groups in total. The molecule has 1 saturated heterocycles. The summed E-state index contributed by atoms with van der Waals surface area (Å²) in [5.74, 6) is -0.133. The highest BCUT2D eigenvalue weighted by Gasteiger charge is 2.29. The van der Waals surface area contributed by atoms with Gasteiger partial charge in [-0.1, -0.05) is 11.6 Å². The van der Waals surface area contributed by atoms with Crippen molar-refractivity contribution >= 4 is 39.3 Å². The third-order valence-electron chi connectivity index (χ3n) is 4.41. The van der Waals surface area contributed by atoms with Crippen molar-refractivity contribution in [1.82, 2.24) is 14.2 Å². The van der Waals surface area contributed by atoms with Gasteiger partial charge >= 0.3 is 0 Å². The molecule has 1 fully saturated rings. The van der Waals surface area contributed by atoms with Crippen molar-refractivity contribution in [3.05, 3.63) is 53.2 Å². The van der Waals surface area contributed by atoms with Crippen LogP contribution in [-0.2, 0) is 14.8 Å². The lowest BCUT2D eigenvalue weighted by molar-refractivity contribution is -0.129. The van der Waals surface area contributed by atoms with E-state index in [4.69, 9.17) is 11.6 Å². The summed E-state index contributed by atoms with van der Waals surface area (Å²) in [6.45, 7) is 2.68. The molecule has 0 atom stereocenters. The number of nitrogens with zero attached hydrogens (tertiary/aromatic N) is 3. The average molecular weight is 423 g/mol. The number of rotatable bonds is 4. The van der Waals surface area contributed by atoms with Gasteiger partial charge in [-0.2, -0.15) is 4.31 Å². The number of anilines is 1. The molecule has 2 amide bonds. The minimum atomic E-state index is -3.68. The van der Waals surface area contributed by atoms with Crippen LogP contribution in [0.3, 0.4) is 0 Å². The molecule has 0 spiro atoms. The molecule has 1 aliphatic heterocycles. The van der Waals surface area contributed by atoms with Crippen molar-refractivity contribution in [2.24, 2.45) is 0 Å². The Balaban J connectivity index is 1.68. The quantitative estimate of drug-likeness (QED) is 0.810. The molecule has 0 unspecified atom stereocenters. The summed E-state index contributed by atoms with van der Waals surface area (Å²) < 4.78 is 26.9. The second kappa shape index (κ2) is 8.26. The van der Waals surface area contributed by atoms with E-state index in [1.165, 1.54) is 41.7 Å². The molecule has 28 heavy (non-hydrogen) atoms. The lowest BCUT2D eigenvalue weighted by Gasteiger charge is -2.33. The number of halogens is 1. The van der Waals surface area contributed by atoms with Crippen LogP contribution in [0.25, 0.3) is 0 Å². The predicted octanol–water partition coefficient (Wildman–Crippen LogP) is 1.84. The number of nitrogens with one attached hydrogen (secondary N) is 1. The van der Waals surface area contributed by atoms with Crippen LogP contribution in [0.15, 0.2) is 47.5 Å². The molecule has 0 bridgehead atoms. The Labute approximate surface area is 168 Å². The summed E-state index contributed by atoms with van der Waals surface area (Å²) in [6.07, 6.45) is 1.42. The lowest BCUT2D eigenvalue weighted by atomic mass is 10.2. The number of hydrogen-bond donors (Lipinski definition) is 1. The van der Waals surface area contributed by atoms with Crippen LogP contribution in [0.4, 0.5) is 5.82 Å². The first-order chi connectivity index (χ1) is 13.3. The van der Waals surface area contributed by atoms with E-state index in [9.17, 15) is 18.0 Å². The molecule has 1 aromatic carbocycles. The van der Waals surface area contributed by atoms with Crippen molar-refractivity contribution in [2.75, 3.05) is 31.5 Å². The molecular weight excluding hydrogens is 404 g/mol. The van der Waals surface area contributed by atoms with Crippen molar-refractivity contribution in [3.63, 3.8) is 0 Å². The second-order valence-electron chi connectivity index (χ2n) is 6.25. The van der Waals surface area contributed by atoms with Crippen LogP contribution in [0.2, 0.25) is 5.02 Å². The monoisotopic (exact) mass is 422 g/mol. The maximum atomic E-state index is 12.8. The van der Waals surface area contributed by atoms with Crippen LogP contribution < -0.4 is 5.32 Å². The number of pyridine rings is 1. The second-order valence-corrected chi connectivity index (χ2v) is 8.62. The van der Waals surface area contributed by atoms with Gasteiger partial charge in [0.15, 0.2) is 0 Å². The predicted molar refractivity (Wildman–Crippen MR) is 105 cm³/mol. The first kappa shape index (κ1) is 20.2. The maximum Gasteiger partial charge on any atom is 0.256 e. The van der Waals surface area contributed by atoms with Crippen molar-refractivity contribution in [1.29, 1.82) is 0 Å². The number of hydrogen-bond acceptors (Lipinski definition) is 5. The van der Waals surface area contributed by atoms with Crippen LogP contribution in [0.1, 0.15) is 17.3 Å². The fraction of sp³-hybridized carbons (Fsp3) is 0.278. The van der Waals surface area contributed by atoms with Gasteiger partial charge in [0.2, 0.25) is 15.9 Å². The summed E-state index contributed by atoms with van der Waals surface area (Å²) in [4.78, 5) is 29.4. The molecule has 0 aliphatic carbocycles. The maximum absolute atomic E-state index is 12.8. The van der Waals surface area contributed by atoms with Crippen LogP contribution in [0.5, 0.6) is 0 Å². The van der Waals surface area contributed by atoms with Gasteiger partial charge in [-0.05, 0) is 36.4 Å². The van der Waals surface area contributed by atoms with E-state index in [-0.39, 0.29) is 23.9 Å². The standard InChI is InChI=1S/C18H19ClN4O4S/c1-13(24)22-8-10-23(11-9-22)28(26,27)16-5-2-14(3-6-16)18(25)21-17-7-4-15(19)12-20-17/h2-7,12H,8-11H2,1H3,(H,20,21,25). The third kappa shape index (κ3) is 4.49. The zero-order valence-corrected chi connectivity index (χ0v) is 16.7. The summed E-state index contributed by atoms with van der Waals surface area (Å²) in [5.41, 5.74) is 0.303. The normalized spacial score (nSPS) is 15.3. The molecule has 8 nitrogen and oxygen atoms in total. The topological polar surface area (TPSA) is 99.7 Å². The van der Waals surface area contributed by atoms with Gasteiger partial charge in [-0.3, -0.25) is 9.59 Å². The molecule has 2 aromatic rings. The van der Waals surface area contributed by atoms with Crippen molar-refractivity contribution < 1.29 is 18.0 Å². The number of piperazine rings is 1. The molecule has 0 radical (unpaired) electrons. The van der Waals surface area contributed by atoms with Gasteiger partial charge in [0.05, 0.1) is 9.92 Å². The summed E-state index contributed by atoms with van der Waals surface area (Å²) in [5, 5.41) is 3.07. The van der Waals surface area contributed by atoms with E-state index in [0.29, 0.717) is 29.5 Å². The molecular formula is C18H19ClN4O4S. The first-order valence-corrected chi connectivity index (χ1v) is 10.4. The van der Waals surface area contributed by atoms with E-state index in [1.807, 2.05) is 0 Å². The highest BCUT2D eigenvalue weighted by Crippen LogP contribution is 2.19. The Morgan fingerprint density at radius 2 is 1.68 bits per heavy atom. The van der Waals surface area contributed by atoms with Gasteiger partial charge in [-0.25, -0.2) is 13.4 Å². The number of sulfonamides is 1. The minimum Gasteiger partial charge on any atom is -0.340 e. The highest BCUT2D eigenvalue weighted by molar-refractivity contribution is 7.89. The largest absolute Gasteiger partial charge is 0.340 e. The Morgan fingerprint density at radius 1 is 1.04 bits per heavy atom. The van der Waals surface area contributed by atoms with Gasteiger partial charge in [-0.15, -0.1) is 0 Å². The molecule has 0 saturated carbocycles. The fourth-order valence-corrected chi connectivity index (χ4v) is 4.34. The Kier molecular flexibility index (Phi) is 5.97. The molecule has 1 aliphatic rings. The van der Waals surface area contributed by atoms with Gasteiger partial charge < -0.3 is 10.2 Å². The Hall–Kier alpha value is -2.49. The van der Waals surface area contributed by atoms with Gasteiger partial charge in [0.1, 0.15) is 5.82 Å². The Bertz CT molecular complexity index is 970.